The molecule has 0 bridgehead atoms. The monoisotopic (exact) mass is 314 g/mol. The molecule has 2 rings (SSSR count). The molecule has 4 heteroatoms. The quantitative estimate of drug-likeness (QED) is 0.805. The first kappa shape index (κ1) is 17.2. The summed E-state index contributed by atoms with van der Waals surface area (Å²) in [7, 11) is 0. The van der Waals surface area contributed by atoms with Crippen molar-refractivity contribution in [3.8, 4) is 16.9 Å². The Balaban J connectivity index is 2.40. The molecule has 0 saturated heterocycles. The molecule has 1 atom stereocenters. The highest BCUT2D eigenvalue weighted by atomic mass is 16.5. The Labute approximate surface area is 136 Å². The molecule has 0 aliphatic carbocycles. The third-order valence-electron chi connectivity index (χ3n) is 3.93. The zero-order chi connectivity index (χ0) is 17.0. The lowest BCUT2D eigenvalue weighted by Gasteiger charge is -2.17. The summed E-state index contributed by atoms with van der Waals surface area (Å²) < 4.78 is 5.52. The van der Waals surface area contributed by atoms with Gasteiger partial charge in [-0.05, 0) is 60.7 Å². The number of hydrogen-bond acceptors (Lipinski definition) is 4. The largest absolute Gasteiger partial charge is 0.491 e. The Bertz CT molecular complexity index is 684. The molecule has 2 aromatic rings. The van der Waals surface area contributed by atoms with E-state index in [2.05, 4.69) is 0 Å². The molecule has 0 unspecified atom stereocenters. The molecule has 4 nitrogen and oxygen atoms in total. The van der Waals surface area contributed by atoms with Crippen LogP contribution in [0.4, 0.5) is 0 Å². The van der Waals surface area contributed by atoms with E-state index >= 15 is 0 Å². The minimum atomic E-state index is -0.887. The summed E-state index contributed by atoms with van der Waals surface area (Å²) in [4.78, 5) is 11.1. The summed E-state index contributed by atoms with van der Waals surface area (Å²) in [6.45, 7) is 5.65. The number of hydrogen-bond donors (Lipinski definition) is 2. The molecule has 23 heavy (non-hydrogen) atoms. The van der Waals surface area contributed by atoms with Crippen LogP contribution in [0.2, 0.25) is 0 Å². The van der Waals surface area contributed by atoms with Gasteiger partial charge in [-0.1, -0.05) is 18.2 Å². The molecular weight excluding hydrogens is 292 g/mol. The lowest BCUT2D eigenvalue weighted by molar-refractivity contribution is 0.0536. The molecule has 0 amide bonds. The molecule has 0 saturated carbocycles. The molecule has 0 aliphatic heterocycles. The van der Waals surface area contributed by atoms with E-state index in [1.54, 1.807) is 0 Å². The predicted octanol–water partition coefficient (Wildman–Crippen LogP) is 2.82. The summed E-state index contributed by atoms with van der Waals surface area (Å²) in [6, 6.07) is 9.50. The van der Waals surface area contributed by atoms with Crippen LogP contribution < -0.4 is 4.74 Å². The first-order valence-corrected chi connectivity index (χ1v) is 7.56. The van der Waals surface area contributed by atoms with Crippen molar-refractivity contribution in [2.75, 3.05) is 13.2 Å². The normalized spacial score (nSPS) is 12.0. The molecular formula is C19H22O4. The van der Waals surface area contributed by atoms with Crippen LogP contribution in [0.3, 0.4) is 0 Å². The van der Waals surface area contributed by atoms with Crippen LogP contribution in [0.15, 0.2) is 30.3 Å². The van der Waals surface area contributed by atoms with Crippen LogP contribution in [0.25, 0.3) is 11.1 Å². The minimum absolute atomic E-state index is 0.0500. The number of aryl methyl sites for hydroxylation is 2. The Hall–Kier alpha value is -2.17. The zero-order valence-corrected chi connectivity index (χ0v) is 13.7. The van der Waals surface area contributed by atoms with E-state index in [0.717, 1.165) is 34.1 Å². The van der Waals surface area contributed by atoms with Crippen LogP contribution in [-0.4, -0.2) is 35.8 Å². The van der Waals surface area contributed by atoms with E-state index in [9.17, 15) is 9.90 Å². The Morgan fingerprint density at radius 1 is 1.17 bits per heavy atom. The highest BCUT2D eigenvalue weighted by Crippen LogP contribution is 2.33. The van der Waals surface area contributed by atoms with E-state index in [4.69, 9.17) is 9.84 Å². The summed E-state index contributed by atoms with van der Waals surface area (Å²) in [5.74, 6) is 0.653. The average Bonchev–Trinajstić information content (AvgIpc) is 2.53. The average molecular weight is 314 g/mol. The maximum Gasteiger partial charge on any atom is 0.150 e. The predicted molar refractivity (Wildman–Crippen MR) is 90.1 cm³/mol. The lowest BCUT2D eigenvalue weighted by Crippen LogP contribution is -2.21. The van der Waals surface area contributed by atoms with Crippen molar-refractivity contribution in [1.82, 2.24) is 0 Å². The topological polar surface area (TPSA) is 66.8 Å². The first-order valence-electron chi connectivity index (χ1n) is 7.56. The van der Waals surface area contributed by atoms with Crippen LogP contribution in [0.1, 0.15) is 27.0 Å². The van der Waals surface area contributed by atoms with Gasteiger partial charge in [0.05, 0.1) is 6.61 Å². The second-order valence-electron chi connectivity index (χ2n) is 5.72. The fraction of sp³-hybridized carbons (Fsp3) is 0.316. The van der Waals surface area contributed by atoms with Crippen LogP contribution in [-0.2, 0) is 0 Å². The fourth-order valence-electron chi connectivity index (χ4n) is 2.73. The maximum absolute atomic E-state index is 11.1. The Morgan fingerprint density at radius 3 is 2.39 bits per heavy atom. The number of aliphatic hydroxyl groups is 2. The van der Waals surface area contributed by atoms with Gasteiger partial charge in [-0.3, -0.25) is 4.79 Å². The molecule has 122 valence electrons. The molecule has 2 N–H and O–H groups in total. The standard InChI is InChI=1S/C19H22O4/c1-12-7-17(23-11-16(22)10-21)8-13(2)19(12)18-6-4-5-15(9-20)14(18)3/h4-9,16,21-22H,10-11H2,1-3H3/t16-/m0/s1. The van der Waals surface area contributed by atoms with E-state index < -0.39 is 6.10 Å². The van der Waals surface area contributed by atoms with Gasteiger partial charge in [0.2, 0.25) is 0 Å². The molecule has 0 heterocycles. The van der Waals surface area contributed by atoms with Crippen molar-refractivity contribution in [1.29, 1.82) is 0 Å². The van der Waals surface area contributed by atoms with Crippen LogP contribution in [0.5, 0.6) is 5.75 Å². The SMILES string of the molecule is Cc1cc(OC[C@@H](O)CO)cc(C)c1-c1cccc(C=O)c1C. The zero-order valence-electron chi connectivity index (χ0n) is 13.7. The van der Waals surface area contributed by atoms with E-state index in [0.29, 0.717) is 11.3 Å². The maximum atomic E-state index is 11.1. The van der Waals surface area contributed by atoms with Gasteiger partial charge in [0.15, 0.2) is 0 Å². The van der Waals surface area contributed by atoms with Crippen molar-refractivity contribution >= 4 is 6.29 Å². The summed E-state index contributed by atoms with van der Waals surface area (Å²) >= 11 is 0. The third-order valence-corrected chi connectivity index (χ3v) is 3.93. The minimum Gasteiger partial charge on any atom is -0.491 e. The van der Waals surface area contributed by atoms with Gasteiger partial charge >= 0.3 is 0 Å². The van der Waals surface area contributed by atoms with Gasteiger partial charge in [-0.2, -0.15) is 0 Å². The van der Waals surface area contributed by atoms with E-state index in [-0.39, 0.29) is 13.2 Å². The summed E-state index contributed by atoms with van der Waals surface area (Å²) in [6.07, 6.45) is -0.0149. The van der Waals surface area contributed by atoms with Gasteiger partial charge in [0.1, 0.15) is 24.7 Å². The second-order valence-corrected chi connectivity index (χ2v) is 5.72. The first-order chi connectivity index (χ1) is 11.0. The third kappa shape index (κ3) is 3.78. The second kappa shape index (κ2) is 7.40. The number of aliphatic hydroxyl groups excluding tert-OH is 2. The molecule has 0 spiro atoms. The van der Waals surface area contributed by atoms with Crippen molar-refractivity contribution in [3.63, 3.8) is 0 Å². The van der Waals surface area contributed by atoms with Gasteiger partial charge in [-0.25, -0.2) is 0 Å². The highest BCUT2D eigenvalue weighted by molar-refractivity contribution is 5.84. The Morgan fingerprint density at radius 2 is 1.83 bits per heavy atom. The summed E-state index contributed by atoms with van der Waals surface area (Å²) in [5.41, 5.74) is 5.83. The van der Waals surface area contributed by atoms with Crippen LogP contribution in [0, 0.1) is 20.8 Å². The van der Waals surface area contributed by atoms with E-state index in [1.165, 1.54) is 0 Å². The van der Waals surface area contributed by atoms with Crippen molar-refractivity contribution in [3.05, 3.63) is 52.6 Å². The number of benzene rings is 2. The molecule has 2 aromatic carbocycles. The van der Waals surface area contributed by atoms with Crippen molar-refractivity contribution < 1.29 is 19.7 Å². The van der Waals surface area contributed by atoms with E-state index in [1.807, 2.05) is 51.1 Å². The van der Waals surface area contributed by atoms with Crippen molar-refractivity contribution in [2.24, 2.45) is 0 Å². The van der Waals surface area contributed by atoms with Gasteiger partial charge in [-0.15, -0.1) is 0 Å². The van der Waals surface area contributed by atoms with Gasteiger partial charge in [0, 0.05) is 5.56 Å². The number of rotatable bonds is 6. The number of carbonyl (C=O) groups excluding carboxylic acids is 1. The molecule has 0 radical (unpaired) electrons. The fourth-order valence-corrected chi connectivity index (χ4v) is 2.73. The molecule has 0 aromatic heterocycles. The van der Waals surface area contributed by atoms with Crippen LogP contribution >= 0.6 is 0 Å². The van der Waals surface area contributed by atoms with Gasteiger partial charge in [0.25, 0.3) is 0 Å². The highest BCUT2D eigenvalue weighted by Gasteiger charge is 2.13. The molecule has 0 aliphatic rings. The number of carbonyl (C=O) groups is 1. The molecule has 0 fully saturated rings. The number of ether oxygens (including phenoxy) is 1. The Kier molecular flexibility index (Phi) is 5.53. The smallest absolute Gasteiger partial charge is 0.150 e. The van der Waals surface area contributed by atoms with Crippen molar-refractivity contribution in [2.45, 2.75) is 26.9 Å². The summed E-state index contributed by atoms with van der Waals surface area (Å²) in [5, 5.41) is 18.2. The van der Waals surface area contributed by atoms with Gasteiger partial charge < -0.3 is 14.9 Å². The lowest BCUT2D eigenvalue weighted by atomic mass is 9.90. The number of aldehydes is 1.